The molecule has 108 valence electrons. The van der Waals surface area contributed by atoms with Gasteiger partial charge in [0.1, 0.15) is 11.3 Å². The highest BCUT2D eigenvalue weighted by atomic mass is 32.1. The van der Waals surface area contributed by atoms with Crippen LogP contribution in [0.5, 0.6) is 5.75 Å². The van der Waals surface area contributed by atoms with Crippen molar-refractivity contribution in [3.05, 3.63) is 12.1 Å². The van der Waals surface area contributed by atoms with Gasteiger partial charge in [-0.2, -0.15) is 0 Å². The summed E-state index contributed by atoms with van der Waals surface area (Å²) in [6.07, 6.45) is 0. The number of methoxy groups -OCH3 is 1. The summed E-state index contributed by atoms with van der Waals surface area (Å²) in [6.45, 7) is 5.59. The van der Waals surface area contributed by atoms with Crippen molar-refractivity contribution in [1.82, 2.24) is 4.98 Å². The van der Waals surface area contributed by atoms with E-state index >= 15 is 0 Å². The van der Waals surface area contributed by atoms with Gasteiger partial charge >= 0.3 is 0 Å². The molecule has 1 aromatic carbocycles. The van der Waals surface area contributed by atoms with E-state index in [9.17, 15) is 4.79 Å². The second-order valence-electron chi connectivity index (χ2n) is 5.39. The Balaban J connectivity index is 2.42. The van der Waals surface area contributed by atoms with E-state index in [1.54, 1.807) is 13.2 Å². The van der Waals surface area contributed by atoms with Gasteiger partial charge in [0.2, 0.25) is 5.91 Å². The molecule has 2 rings (SSSR count). The van der Waals surface area contributed by atoms with E-state index in [-0.39, 0.29) is 5.91 Å². The van der Waals surface area contributed by atoms with Crippen LogP contribution in [0.4, 0.5) is 10.8 Å². The predicted octanol–water partition coefficient (Wildman–Crippen LogP) is 2.58. The van der Waals surface area contributed by atoms with Gasteiger partial charge in [-0.15, -0.1) is 0 Å². The molecule has 4 N–H and O–H groups in total. The molecule has 0 aliphatic heterocycles. The van der Waals surface area contributed by atoms with Crippen LogP contribution < -0.4 is 21.3 Å². The number of carbonyl (C=O) groups is 1. The third kappa shape index (κ3) is 2.83. The van der Waals surface area contributed by atoms with E-state index < -0.39 is 5.41 Å². The number of carbonyl (C=O) groups excluding carboxylic acids is 1. The second-order valence-corrected chi connectivity index (χ2v) is 6.42. The zero-order valence-electron chi connectivity index (χ0n) is 11.9. The highest BCUT2D eigenvalue weighted by molar-refractivity contribution is 7.22. The van der Waals surface area contributed by atoms with Crippen molar-refractivity contribution >= 4 is 38.3 Å². The van der Waals surface area contributed by atoms with Gasteiger partial charge in [-0.1, -0.05) is 32.1 Å². The van der Waals surface area contributed by atoms with Gasteiger partial charge in [-0.3, -0.25) is 10.2 Å². The van der Waals surface area contributed by atoms with E-state index in [4.69, 9.17) is 10.6 Å². The number of thiazole rings is 1. The predicted molar refractivity (Wildman–Crippen MR) is 82.1 cm³/mol. The monoisotopic (exact) mass is 294 g/mol. The Kier molecular flexibility index (Phi) is 3.82. The molecule has 0 saturated carbocycles. The highest BCUT2D eigenvalue weighted by Gasteiger charge is 2.22. The molecular formula is C13H18N4O2S. The third-order valence-corrected chi connectivity index (χ3v) is 3.68. The Bertz CT molecular complexity index is 646. The Morgan fingerprint density at radius 3 is 2.65 bits per heavy atom. The number of hydrazine groups is 1. The number of amides is 1. The fourth-order valence-electron chi connectivity index (χ4n) is 1.61. The number of fused-ring (bicyclic) bond motifs is 1. The first-order valence-electron chi connectivity index (χ1n) is 6.12. The van der Waals surface area contributed by atoms with Crippen molar-refractivity contribution in [3.63, 3.8) is 0 Å². The molecule has 2 aromatic rings. The summed E-state index contributed by atoms with van der Waals surface area (Å²) >= 11 is 1.40. The molecule has 1 aromatic heterocycles. The van der Waals surface area contributed by atoms with Gasteiger partial charge in [-0.25, -0.2) is 10.8 Å². The molecule has 0 radical (unpaired) electrons. The minimum atomic E-state index is -0.458. The first kappa shape index (κ1) is 14.5. The quantitative estimate of drug-likeness (QED) is 0.598. The van der Waals surface area contributed by atoms with Crippen LogP contribution >= 0.6 is 11.3 Å². The Hall–Kier alpha value is -1.86. The normalized spacial score (nSPS) is 11.4. The van der Waals surface area contributed by atoms with Gasteiger partial charge in [0.25, 0.3) is 0 Å². The number of aromatic nitrogens is 1. The average molecular weight is 294 g/mol. The van der Waals surface area contributed by atoms with Crippen LogP contribution in [0.3, 0.4) is 0 Å². The van der Waals surface area contributed by atoms with Gasteiger partial charge in [-0.05, 0) is 6.07 Å². The number of nitrogens with two attached hydrogens (primary N) is 1. The number of rotatable bonds is 3. The number of anilines is 2. The summed E-state index contributed by atoms with van der Waals surface area (Å²) in [7, 11) is 1.57. The molecule has 7 heteroatoms. The largest absolute Gasteiger partial charge is 0.494 e. The number of hydrogen-bond acceptors (Lipinski definition) is 6. The molecule has 6 nitrogen and oxygen atoms in total. The summed E-state index contributed by atoms with van der Waals surface area (Å²) in [6, 6.07) is 3.62. The molecular weight excluding hydrogens is 276 g/mol. The molecule has 0 spiro atoms. The second kappa shape index (κ2) is 5.26. The maximum absolute atomic E-state index is 12.0. The number of nitrogen functional groups attached to an aromatic ring is 1. The Labute approximate surface area is 121 Å². The maximum Gasteiger partial charge on any atom is 0.229 e. The van der Waals surface area contributed by atoms with Crippen molar-refractivity contribution in [2.24, 2.45) is 11.3 Å². The first-order chi connectivity index (χ1) is 9.35. The molecule has 0 atom stereocenters. The van der Waals surface area contributed by atoms with Gasteiger partial charge < -0.3 is 10.1 Å². The van der Waals surface area contributed by atoms with E-state index in [0.717, 1.165) is 10.2 Å². The van der Waals surface area contributed by atoms with Crippen LogP contribution in [0.25, 0.3) is 10.2 Å². The zero-order chi connectivity index (χ0) is 14.9. The summed E-state index contributed by atoms with van der Waals surface area (Å²) in [5, 5.41) is 3.48. The summed E-state index contributed by atoms with van der Waals surface area (Å²) in [5.74, 6) is 5.91. The lowest BCUT2D eigenvalue weighted by atomic mass is 9.95. The third-order valence-electron chi connectivity index (χ3n) is 2.74. The number of nitrogens with zero attached hydrogens (tertiary/aromatic N) is 1. The summed E-state index contributed by atoms with van der Waals surface area (Å²) in [5.41, 5.74) is 3.46. The minimum absolute atomic E-state index is 0.0550. The van der Waals surface area contributed by atoms with Crippen molar-refractivity contribution in [2.75, 3.05) is 17.9 Å². The molecule has 0 unspecified atom stereocenters. The summed E-state index contributed by atoms with van der Waals surface area (Å²) in [4.78, 5) is 16.4. The van der Waals surface area contributed by atoms with Crippen molar-refractivity contribution in [3.8, 4) is 5.75 Å². The fourth-order valence-corrected chi connectivity index (χ4v) is 2.44. The number of ether oxygens (including phenoxy) is 1. The molecule has 0 fully saturated rings. The lowest BCUT2D eigenvalue weighted by molar-refractivity contribution is -0.123. The fraction of sp³-hybridized carbons (Fsp3) is 0.385. The zero-order valence-corrected chi connectivity index (χ0v) is 12.7. The highest BCUT2D eigenvalue weighted by Crippen LogP contribution is 2.35. The van der Waals surface area contributed by atoms with Crippen molar-refractivity contribution < 1.29 is 9.53 Å². The standard InChI is InChI=1S/C13H18N4O2S/c1-13(2,3)11(18)15-7-5-8(19-4)10-9(6-7)20-12(16-10)17-14/h5-6H,14H2,1-4H3,(H,15,18)(H,16,17). The molecule has 0 bridgehead atoms. The van der Waals surface area contributed by atoms with Gasteiger partial charge in [0.05, 0.1) is 11.8 Å². The minimum Gasteiger partial charge on any atom is -0.494 e. The van der Waals surface area contributed by atoms with E-state index in [1.165, 1.54) is 11.3 Å². The average Bonchev–Trinajstić information content (AvgIpc) is 2.79. The SMILES string of the molecule is COc1cc(NC(=O)C(C)(C)C)cc2sc(NN)nc12. The lowest BCUT2D eigenvalue weighted by Gasteiger charge is -2.18. The van der Waals surface area contributed by atoms with Crippen molar-refractivity contribution in [1.29, 1.82) is 0 Å². The van der Waals surface area contributed by atoms with E-state index in [2.05, 4.69) is 15.7 Å². The number of benzene rings is 1. The molecule has 20 heavy (non-hydrogen) atoms. The Morgan fingerprint density at radius 2 is 2.10 bits per heavy atom. The van der Waals surface area contributed by atoms with Crippen molar-refractivity contribution in [2.45, 2.75) is 20.8 Å². The molecule has 0 saturated heterocycles. The van der Waals surface area contributed by atoms with Crippen LogP contribution in [0.15, 0.2) is 12.1 Å². The van der Waals surface area contributed by atoms with Crippen LogP contribution in [0.2, 0.25) is 0 Å². The van der Waals surface area contributed by atoms with Crippen LogP contribution in [-0.2, 0) is 4.79 Å². The smallest absolute Gasteiger partial charge is 0.229 e. The number of hydrogen-bond donors (Lipinski definition) is 3. The lowest BCUT2D eigenvalue weighted by Crippen LogP contribution is -2.27. The number of nitrogens with one attached hydrogen (secondary N) is 2. The first-order valence-corrected chi connectivity index (χ1v) is 6.93. The topological polar surface area (TPSA) is 89.3 Å². The molecule has 0 aliphatic carbocycles. The molecule has 0 aliphatic rings. The van der Waals surface area contributed by atoms with Crippen LogP contribution in [0.1, 0.15) is 20.8 Å². The van der Waals surface area contributed by atoms with Crippen LogP contribution in [-0.4, -0.2) is 18.0 Å². The van der Waals surface area contributed by atoms with Crippen LogP contribution in [0, 0.1) is 5.41 Å². The molecule has 1 heterocycles. The molecule has 1 amide bonds. The summed E-state index contributed by atoms with van der Waals surface area (Å²) < 4.78 is 6.21. The Morgan fingerprint density at radius 1 is 1.40 bits per heavy atom. The van der Waals surface area contributed by atoms with Gasteiger partial charge in [0, 0.05) is 17.2 Å². The van der Waals surface area contributed by atoms with E-state index in [1.807, 2.05) is 26.8 Å². The maximum atomic E-state index is 12.0. The van der Waals surface area contributed by atoms with E-state index in [0.29, 0.717) is 16.6 Å². The van der Waals surface area contributed by atoms with Gasteiger partial charge in [0.15, 0.2) is 5.13 Å².